The van der Waals surface area contributed by atoms with Crippen LogP contribution in [0.5, 0.6) is 0 Å². The molecule has 1 unspecified atom stereocenters. The second-order valence-electron chi connectivity index (χ2n) is 2.55. The van der Waals surface area contributed by atoms with Gasteiger partial charge in [-0.05, 0) is 19.3 Å². The molecule has 1 saturated carbocycles. The third kappa shape index (κ3) is 1.59. The van der Waals surface area contributed by atoms with Crippen LogP contribution in [0.15, 0.2) is 0 Å². The molecule has 11 heavy (non-hydrogen) atoms. The minimum absolute atomic E-state index is 0.275. The Balaban J connectivity index is 3.01. The molecule has 1 aliphatic carbocycles. The summed E-state index contributed by atoms with van der Waals surface area (Å²) in [6.45, 7) is 0. The molecule has 62 valence electrons. The lowest BCUT2D eigenvalue weighted by molar-refractivity contribution is -0.119. The second-order valence-corrected chi connectivity index (χ2v) is 3.54. The molecule has 1 rings (SSSR count). The quantitative estimate of drug-likeness (QED) is 0.536. The van der Waals surface area contributed by atoms with Crippen LogP contribution in [-0.4, -0.2) is 19.2 Å². The average molecular weight is 175 g/mol. The highest BCUT2D eigenvalue weighted by Crippen LogP contribution is 2.21. The van der Waals surface area contributed by atoms with E-state index in [1.54, 1.807) is 0 Å². The van der Waals surface area contributed by atoms with Crippen molar-refractivity contribution in [3.63, 3.8) is 0 Å². The van der Waals surface area contributed by atoms with Gasteiger partial charge in [0.05, 0.1) is 10.8 Å². The number of amides is 1. The number of rotatable bonds is 1. The maximum atomic E-state index is 10.6. The summed E-state index contributed by atoms with van der Waals surface area (Å²) in [5.41, 5.74) is 4.99. The molecule has 4 nitrogen and oxygen atoms in total. The van der Waals surface area contributed by atoms with Gasteiger partial charge in [0.25, 0.3) is 0 Å². The summed E-state index contributed by atoms with van der Waals surface area (Å²) in [7, 11) is -2.23. The monoisotopic (exact) mass is 175 g/mol. The van der Waals surface area contributed by atoms with Crippen LogP contribution < -0.4 is 5.73 Å². The summed E-state index contributed by atoms with van der Waals surface area (Å²) in [5, 5.41) is 0. The minimum Gasteiger partial charge on any atom is -0.369 e. The molecule has 1 amide bonds. The van der Waals surface area contributed by atoms with E-state index in [-0.39, 0.29) is 4.86 Å². The van der Waals surface area contributed by atoms with E-state index in [9.17, 15) is 13.2 Å². The number of hydrogen-bond donors (Lipinski definition) is 1. The van der Waals surface area contributed by atoms with Crippen molar-refractivity contribution in [2.45, 2.75) is 19.3 Å². The van der Waals surface area contributed by atoms with Gasteiger partial charge in [-0.2, -0.15) is 8.42 Å². The average Bonchev–Trinajstić information content (AvgIpc) is 2.32. The van der Waals surface area contributed by atoms with Crippen molar-refractivity contribution in [1.29, 1.82) is 0 Å². The molecule has 0 radical (unpaired) electrons. The first-order valence-corrected chi connectivity index (χ1v) is 4.44. The molecule has 0 aliphatic heterocycles. The zero-order chi connectivity index (χ0) is 8.43. The molecule has 2 N–H and O–H groups in total. The van der Waals surface area contributed by atoms with Crippen LogP contribution in [0.2, 0.25) is 0 Å². The van der Waals surface area contributed by atoms with Crippen molar-refractivity contribution in [1.82, 2.24) is 0 Å². The molecule has 5 heteroatoms. The van der Waals surface area contributed by atoms with Gasteiger partial charge in [0.15, 0.2) is 0 Å². The third-order valence-electron chi connectivity index (χ3n) is 1.86. The van der Waals surface area contributed by atoms with Gasteiger partial charge in [0.1, 0.15) is 0 Å². The molecule has 1 aliphatic rings. The molecule has 1 atom stereocenters. The number of primary amides is 1. The SMILES string of the molecule is NC(=O)C1CCCC1=S(=O)=O. The van der Waals surface area contributed by atoms with Crippen molar-refractivity contribution in [3.8, 4) is 0 Å². The van der Waals surface area contributed by atoms with E-state index in [4.69, 9.17) is 5.73 Å². The summed E-state index contributed by atoms with van der Waals surface area (Å²) in [4.78, 5) is 10.9. The van der Waals surface area contributed by atoms with Gasteiger partial charge in [-0.3, -0.25) is 4.79 Å². The Kier molecular flexibility index (Phi) is 2.28. The van der Waals surface area contributed by atoms with E-state index in [2.05, 4.69) is 0 Å². The van der Waals surface area contributed by atoms with Crippen molar-refractivity contribution in [2.24, 2.45) is 11.7 Å². The fraction of sp³-hybridized carbons (Fsp3) is 0.667. The van der Waals surface area contributed by atoms with Crippen molar-refractivity contribution < 1.29 is 13.2 Å². The zero-order valence-corrected chi connectivity index (χ0v) is 6.73. The van der Waals surface area contributed by atoms with Gasteiger partial charge in [0, 0.05) is 0 Å². The highest BCUT2D eigenvalue weighted by Gasteiger charge is 2.28. The Morgan fingerprint density at radius 2 is 2.18 bits per heavy atom. The number of hydrogen-bond acceptors (Lipinski definition) is 3. The molecule has 0 heterocycles. The van der Waals surface area contributed by atoms with Gasteiger partial charge in [0.2, 0.25) is 16.2 Å². The van der Waals surface area contributed by atoms with Gasteiger partial charge in [-0.15, -0.1) is 0 Å². The lowest BCUT2D eigenvalue weighted by Gasteiger charge is -2.00. The van der Waals surface area contributed by atoms with Gasteiger partial charge < -0.3 is 5.73 Å². The van der Waals surface area contributed by atoms with Crippen LogP contribution in [-0.2, 0) is 15.1 Å². The second kappa shape index (κ2) is 3.04. The van der Waals surface area contributed by atoms with E-state index in [0.29, 0.717) is 12.8 Å². The van der Waals surface area contributed by atoms with Gasteiger partial charge in [-0.25, -0.2) is 0 Å². The summed E-state index contributed by atoms with van der Waals surface area (Å²) in [6.07, 6.45) is 1.82. The lowest BCUT2D eigenvalue weighted by atomic mass is 10.1. The predicted molar refractivity (Wildman–Crippen MR) is 40.5 cm³/mol. The summed E-state index contributed by atoms with van der Waals surface area (Å²) < 4.78 is 20.9. The van der Waals surface area contributed by atoms with Crippen molar-refractivity contribution in [2.75, 3.05) is 0 Å². The van der Waals surface area contributed by atoms with E-state index < -0.39 is 22.1 Å². The van der Waals surface area contributed by atoms with E-state index in [1.807, 2.05) is 0 Å². The van der Waals surface area contributed by atoms with E-state index in [1.165, 1.54) is 0 Å². The maximum Gasteiger partial charge on any atom is 0.225 e. The number of nitrogens with two attached hydrogens (primary N) is 1. The molecule has 0 saturated heterocycles. The smallest absolute Gasteiger partial charge is 0.225 e. The standard InChI is InChI=1S/C6H9NO3S/c7-6(8)4-2-1-3-5(4)11(9)10/h4H,1-3H2,(H2,7,8). The van der Waals surface area contributed by atoms with Gasteiger partial charge >= 0.3 is 0 Å². The Hall–Kier alpha value is -0.840. The zero-order valence-electron chi connectivity index (χ0n) is 5.91. The maximum absolute atomic E-state index is 10.6. The molecule has 0 bridgehead atoms. The van der Waals surface area contributed by atoms with Crippen LogP contribution >= 0.6 is 0 Å². The topological polar surface area (TPSA) is 77.2 Å². The highest BCUT2D eigenvalue weighted by molar-refractivity contribution is 7.73. The minimum atomic E-state index is -2.23. The lowest BCUT2D eigenvalue weighted by Crippen LogP contribution is -2.26. The normalized spacial score (nSPS) is 23.6. The summed E-state index contributed by atoms with van der Waals surface area (Å²) in [5.74, 6) is -1.06. The van der Waals surface area contributed by atoms with Crippen LogP contribution in [0.1, 0.15) is 19.3 Å². The Morgan fingerprint density at radius 1 is 1.55 bits per heavy atom. The molecular weight excluding hydrogens is 166 g/mol. The molecule has 1 fully saturated rings. The van der Waals surface area contributed by atoms with Crippen LogP contribution in [0.3, 0.4) is 0 Å². The molecule has 0 aromatic rings. The number of carbonyl (C=O) groups excluding carboxylic acids is 1. The Bertz CT molecular complexity index is 296. The molecule has 0 aromatic carbocycles. The third-order valence-corrected chi connectivity index (χ3v) is 2.78. The van der Waals surface area contributed by atoms with E-state index >= 15 is 0 Å². The molecular formula is C6H9NO3S. The summed E-state index contributed by atoms with van der Waals surface area (Å²) >= 11 is 0. The fourth-order valence-corrected chi connectivity index (χ4v) is 2.09. The first-order chi connectivity index (χ1) is 5.13. The van der Waals surface area contributed by atoms with Crippen LogP contribution in [0.25, 0.3) is 0 Å². The Labute approximate surface area is 65.9 Å². The molecule has 0 aromatic heterocycles. The van der Waals surface area contributed by atoms with Crippen LogP contribution in [0, 0.1) is 5.92 Å². The fourth-order valence-electron chi connectivity index (χ4n) is 1.32. The number of carbonyl (C=O) groups is 1. The van der Waals surface area contributed by atoms with Crippen LogP contribution in [0.4, 0.5) is 0 Å². The summed E-state index contributed by atoms with van der Waals surface area (Å²) in [6, 6.07) is 0. The van der Waals surface area contributed by atoms with E-state index in [0.717, 1.165) is 6.42 Å². The first-order valence-electron chi connectivity index (χ1n) is 3.37. The Morgan fingerprint density at radius 3 is 2.55 bits per heavy atom. The van der Waals surface area contributed by atoms with Gasteiger partial charge in [-0.1, -0.05) is 0 Å². The largest absolute Gasteiger partial charge is 0.369 e. The van der Waals surface area contributed by atoms with Crippen molar-refractivity contribution in [3.05, 3.63) is 0 Å². The van der Waals surface area contributed by atoms with Crippen molar-refractivity contribution >= 4 is 21.1 Å². The molecule has 0 spiro atoms. The first kappa shape index (κ1) is 8.26. The predicted octanol–water partition coefficient (Wildman–Crippen LogP) is -0.677. The highest BCUT2D eigenvalue weighted by atomic mass is 32.2.